The number of anilines is 2. The highest BCUT2D eigenvalue weighted by molar-refractivity contribution is 6.06. The fraction of sp³-hybridized carbons (Fsp3) is 0.300. The van der Waals surface area contributed by atoms with Crippen LogP contribution in [0, 0.1) is 0 Å². The van der Waals surface area contributed by atoms with Crippen molar-refractivity contribution in [3.05, 3.63) is 59.8 Å². The highest BCUT2D eigenvalue weighted by Gasteiger charge is 2.21. The second kappa shape index (κ2) is 8.27. The van der Waals surface area contributed by atoms with E-state index in [9.17, 15) is 9.59 Å². The van der Waals surface area contributed by atoms with E-state index in [0.29, 0.717) is 23.1 Å². The molecule has 1 aromatic carbocycles. The maximum Gasteiger partial charge on any atom is 0.291 e. The van der Waals surface area contributed by atoms with Crippen molar-refractivity contribution in [1.82, 2.24) is 20.1 Å². The molecular formula is C20H22N6O3. The molecule has 4 rings (SSSR count). The summed E-state index contributed by atoms with van der Waals surface area (Å²) in [7, 11) is 1.76. The van der Waals surface area contributed by atoms with Gasteiger partial charge in [-0.3, -0.25) is 14.9 Å². The SMILES string of the molecule is Cn1nc(C2CCNCC2)nc1NC(=O)c1cccc(NC(=O)c2ccco2)c1. The molecule has 3 heterocycles. The molecule has 150 valence electrons. The lowest BCUT2D eigenvalue weighted by molar-refractivity contribution is 0.0993. The van der Waals surface area contributed by atoms with Crippen LogP contribution in [-0.2, 0) is 7.05 Å². The fourth-order valence-corrected chi connectivity index (χ4v) is 3.28. The molecule has 3 aromatic rings. The first-order chi connectivity index (χ1) is 14.1. The van der Waals surface area contributed by atoms with Crippen molar-refractivity contribution in [2.75, 3.05) is 23.7 Å². The van der Waals surface area contributed by atoms with Gasteiger partial charge in [-0.05, 0) is 56.3 Å². The number of piperidine rings is 1. The van der Waals surface area contributed by atoms with Gasteiger partial charge in [0.1, 0.15) is 0 Å². The van der Waals surface area contributed by atoms with Gasteiger partial charge in [0.05, 0.1) is 6.26 Å². The van der Waals surface area contributed by atoms with Crippen LogP contribution in [0.1, 0.15) is 45.5 Å². The quantitative estimate of drug-likeness (QED) is 0.612. The third-order valence-electron chi connectivity index (χ3n) is 4.84. The highest BCUT2D eigenvalue weighted by atomic mass is 16.3. The van der Waals surface area contributed by atoms with Crippen LogP contribution in [0.25, 0.3) is 0 Å². The molecule has 1 saturated heterocycles. The number of rotatable bonds is 5. The van der Waals surface area contributed by atoms with Crippen molar-refractivity contribution in [3.8, 4) is 0 Å². The number of amides is 2. The summed E-state index contributed by atoms with van der Waals surface area (Å²) in [6.45, 7) is 1.89. The number of nitrogens with one attached hydrogen (secondary N) is 3. The molecule has 0 saturated carbocycles. The number of hydrogen-bond acceptors (Lipinski definition) is 6. The molecule has 0 unspecified atom stereocenters. The third kappa shape index (κ3) is 4.35. The average molecular weight is 394 g/mol. The first-order valence-electron chi connectivity index (χ1n) is 9.48. The van der Waals surface area contributed by atoms with E-state index in [2.05, 4.69) is 26.0 Å². The summed E-state index contributed by atoms with van der Waals surface area (Å²) < 4.78 is 6.66. The molecule has 0 spiro atoms. The molecule has 0 aliphatic carbocycles. The minimum Gasteiger partial charge on any atom is -0.459 e. The number of aryl methyl sites for hydroxylation is 1. The van der Waals surface area contributed by atoms with E-state index in [1.807, 2.05) is 0 Å². The summed E-state index contributed by atoms with van der Waals surface area (Å²) in [6.07, 6.45) is 3.39. The monoisotopic (exact) mass is 394 g/mol. The van der Waals surface area contributed by atoms with E-state index in [1.54, 1.807) is 48.1 Å². The summed E-state index contributed by atoms with van der Waals surface area (Å²) in [5.41, 5.74) is 0.890. The Bertz CT molecular complexity index is 1010. The van der Waals surface area contributed by atoms with Crippen LogP contribution in [0.3, 0.4) is 0 Å². The van der Waals surface area contributed by atoms with Gasteiger partial charge in [0.25, 0.3) is 11.8 Å². The maximum absolute atomic E-state index is 12.7. The van der Waals surface area contributed by atoms with E-state index >= 15 is 0 Å². The summed E-state index contributed by atoms with van der Waals surface area (Å²) in [5.74, 6) is 0.939. The zero-order valence-corrected chi connectivity index (χ0v) is 16.0. The van der Waals surface area contributed by atoms with Crippen LogP contribution in [0.2, 0.25) is 0 Å². The van der Waals surface area contributed by atoms with Gasteiger partial charge in [-0.15, -0.1) is 0 Å². The van der Waals surface area contributed by atoms with Gasteiger partial charge < -0.3 is 15.1 Å². The molecular weight excluding hydrogens is 372 g/mol. The highest BCUT2D eigenvalue weighted by Crippen LogP contribution is 2.23. The topological polar surface area (TPSA) is 114 Å². The molecule has 29 heavy (non-hydrogen) atoms. The lowest BCUT2D eigenvalue weighted by Crippen LogP contribution is -2.27. The minimum atomic E-state index is -0.382. The number of carbonyl (C=O) groups excluding carboxylic acids is 2. The summed E-state index contributed by atoms with van der Waals surface area (Å²) >= 11 is 0. The van der Waals surface area contributed by atoms with Gasteiger partial charge in [0, 0.05) is 24.2 Å². The normalized spacial score (nSPS) is 14.5. The molecule has 1 aliphatic heterocycles. The minimum absolute atomic E-state index is 0.199. The average Bonchev–Trinajstić information content (AvgIpc) is 3.39. The third-order valence-corrected chi connectivity index (χ3v) is 4.84. The Morgan fingerprint density at radius 3 is 2.72 bits per heavy atom. The van der Waals surface area contributed by atoms with E-state index in [1.165, 1.54) is 6.26 Å². The van der Waals surface area contributed by atoms with Crippen molar-refractivity contribution in [1.29, 1.82) is 0 Å². The zero-order chi connectivity index (χ0) is 20.2. The lowest BCUT2D eigenvalue weighted by atomic mass is 9.98. The van der Waals surface area contributed by atoms with Crippen molar-refractivity contribution in [3.63, 3.8) is 0 Å². The number of hydrogen-bond donors (Lipinski definition) is 3. The summed E-state index contributed by atoms with van der Waals surface area (Å²) in [5, 5.41) is 13.3. The Kier molecular flexibility index (Phi) is 5.39. The van der Waals surface area contributed by atoms with E-state index < -0.39 is 0 Å². The fourth-order valence-electron chi connectivity index (χ4n) is 3.28. The Morgan fingerprint density at radius 1 is 1.14 bits per heavy atom. The largest absolute Gasteiger partial charge is 0.459 e. The molecule has 2 amide bonds. The van der Waals surface area contributed by atoms with E-state index in [0.717, 1.165) is 31.8 Å². The first-order valence-corrected chi connectivity index (χ1v) is 9.48. The predicted molar refractivity (Wildman–Crippen MR) is 107 cm³/mol. The molecule has 9 nitrogen and oxygen atoms in total. The lowest BCUT2D eigenvalue weighted by Gasteiger charge is -2.19. The first kappa shape index (κ1) is 18.9. The molecule has 0 radical (unpaired) electrons. The van der Waals surface area contributed by atoms with Crippen LogP contribution in [0.5, 0.6) is 0 Å². The smallest absolute Gasteiger partial charge is 0.291 e. The standard InChI is InChI=1S/C20H22N6O3/c1-26-20(23-17(25-26)13-7-9-21-10-8-13)24-18(27)14-4-2-5-15(12-14)22-19(28)16-6-3-11-29-16/h2-6,11-13,21H,7-10H2,1H3,(H,22,28)(H,23,24,25,27). The molecule has 2 aromatic heterocycles. The van der Waals surface area contributed by atoms with Crippen molar-refractivity contribution < 1.29 is 14.0 Å². The van der Waals surface area contributed by atoms with E-state index in [-0.39, 0.29) is 17.6 Å². The van der Waals surface area contributed by atoms with Gasteiger partial charge >= 0.3 is 0 Å². The van der Waals surface area contributed by atoms with Gasteiger partial charge in [0.15, 0.2) is 11.6 Å². The predicted octanol–water partition coefficient (Wildman–Crippen LogP) is 2.38. The number of furan rings is 1. The van der Waals surface area contributed by atoms with Gasteiger partial charge in [-0.25, -0.2) is 4.68 Å². The van der Waals surface area contributed by atoms with Crippen LogP contribution in [-0.4, -0.2) is 39.7 Å². The number of benzene rings is 1. The second-order valence-corrected chi connectivity index (χ2v) is 6.91. The van der Waals surface area contributed by atoms with Crippen LogP contribution in [0.15, 0.2) is 47.1 Å². The van der Waals surface area contributed by atoms with Crippen LogP contribution >= 0.6 is 0 Å². The Labute approximate surface area is 167 Å². The van der Waals surface area contributed by atoms with Crippen LogP contribution in [0.4, 0.5) is 11.6 Å². The second-order valence-electron chi connectivity index (χ2n) is 6.91. The molecule has 0 bridgehead atoms. The van der Waals surface area contributed by atoms with E-state index in [4.69, 9.17) is 4.42 Å². The number of nitrogens with zero attached hydrogens (tertiary/aromatic N) is 3. The van der Waals surface area contributed by atoms with Gasteiger partial charge in [-0.2, -0.15) is 10.1 Å². The Balaban J connectivity index is 1.45. The maximum atomic E-state index is 12.7. The van der Waals surface area contributed by atoms with Crippen molar-refractivity contribution in [2.45, 2.75) is 18.8 Å². The molecule has 9 heteroatoms. The number of aromatic nitrogens is 3. The Hall–Kier alpha value is -3.46. The summed E-state index contributed by atoms with van der Waals surface area (Å²) in [6, 6.07) is 9.87. The summed E-state index contributed by atoms with van der Waals surface area (Å²) in [4.78, 5) is 29.3. The number of carbonyl (C=O) groups is 2. The van der Waals surface area contributed by atoms with Gasteiger partial charge in [0.2, 0.25) is 5.95 Å². The molecule has 3 N–H and O–H groups in total. The molecule has 1 fully saturated rings. The van der Waals surface area contributed by atoms with Crippen molar-refractivity contribution >= 4 is 23.5 Å². The zero-order valence-electron chi connectivity index (χ0n) is 16.0. The molecule has 0 atom stereocenters. The van der Waals surface area contributed by atoms with Gasteiger partial charge in [-0.1, -0.05) is 6.07 Å². The Morgan fingerprint density at radius 2 is 1.97 bits per heavy atom. The van der Waals surface area contributed by atoms with Crippen molar-refractivity contribution in [2.24, 2.45) is 7.05 Å². The van der Waals surface area contributed by atoms with Crippen LogP contribution < -0.4 is 16.0 Å². The molecule has 1 aliphatic rings.